The van der Waals surface area contributed by atoms with Crippen LogP contribution in [0.25, 0.3) is 0 Å². The second-order valence-corrected chi connectivity index (χ2v) is 2.42. The molecule has 3 N–H and O–H groups in total. The molecule has 0 aromatic heterocycles. The minimum absolute atomic E-state index is 0.213. The van der Waals surface area contributed by atoms with Crippen molar-refractivity contribution in [3.05, 3.63) is 0 Å². The van der Waals surface area contributed by atoms with Gasteiger partial charge >= 0.3 is 0 Å². The van der Waals surface area contributed by atoms with E-state index in [1.807, 2.05) is 0 Å². The largest absolute Gasteiger partial charge is 0.391 e. The minimum Gasteiger partial charge on any atom is -0.391 e. The molecule has 1 aliphatic rings. The first-order valence-corrected chi connectivity index (χ1v) is 3.32. The Bertz CT molecular complexity index is 85.1. The van der Waals surface area contributed by atoms with Gasteiger partial charge in [0.1, 0.15) is 0 Å². The summed E-state index contributed by atoms with van der Waals surface area (Å²) in [6.45, 7) is 1.14. The molecule has 0 aliphatic carbocycles. The molecule has 1 aliphatic heterocycles. The fourth-order valence-electron chi connectivity index (χ4n) is 1.07. The normalized spacial score (nSPS) is 35.3. The molecule has 1 saturated heterocycles. The summed E-state index contributed by atoms with van der Waals surface area (Å²) in [5.74, 6) is 0. The van der Waals surface area contributed by atoms with Crippen molar-refractivity contribution in [2.24, 2.45) is 5.73 Å². The summed E-state index contributed by atoms with van der Waals surface area (Å²) < 4.78 is 5.18. The van der Waals surface area contributed by atoms with E-state index in [9.17, 15) is 0 Å². The van der Waals surface area contributed by atoms with Gasteiger partial charge in [-0.1, -0.05) is 0 Å². The highest BCUT2D eigenvalue weighted by atomic mass is 16.5. The van der Waals surface area contributed by atoms with Crippen LogP contribution in [0.5, 0.6) is 0 Å². The van der Waals surface area contributed by atoms with E-state index in [-0.39, 0.29) is 12.2 Å². The maximum Gasteiger partial charge on any atom is 0.0798 e. The van der Waals surface area contributed by atoms with E-state index in [0.717, 1.165) is 12.8 Å². The van der Waals surface area contributed by atoms with Gasteiger partial charge < -0.3 is 15.6 Å². The molecule has 2 atom stereocenters. The Morgan fingerprint density at radius 3 is 2.89 bits per heavy atom. The van der Waals surface area contributed by atoms with Crippen molar-refractivity contribution in [3.63, 3.8) is 0 Å². The van der Waals surface area contributed by atoms with Crippen LogP contribution in [0, 0.1) is 0 Å². The van der Waals surface area contributed by atoms with E-state index in [1.165, 1.54) is 0 Å². The number of nitrogens with two attached hydrogens (primary N) is 1. The fraction of sp³-hybridized carbons (Fsp3) is 1.00. The molecular formula is C6H13NO2. The fourth-order valence-corrected chi connectivity index (χ4v) is 1.07. The molecule has 3 heteroatoms. The third kappa shape index (κ3) is 1.93. The molecule has 3 nitrogen and oxygen atoms in total. The van der Waals surface area contributed by atoms with Crippen molar-refractivity contribution < 1.29 is 9.84 Å². The van der Waals surface area contributed by atoms with Crippen molar-refractivity contribution in [1.82, 2.24) is 0 Å². The number of aliphatic hydroxyl groups is 1. The zero-order chi connectivity index (χ0) is 6.69. The van der Waals surface area contributed by atoms with Gasteiger partial charge in [-0.2, -0.15) is 0 Å². The highest BCUT2D eigenvalue weighted by molar-refractivity contribution is 4.71. The van der Waals surface area contributed by atoms with Crippen LogP contribution >= 0.6 is 0 Å². The predicted molar refractivity (Wildman–Crippen MR) is 34.0 cm³/mol. The Morgan fingerprint density at radius 1 is 1.67 bits per heavy atom. The highest BCUT2D eigenvalue weighted by Crippen LogP contribution is 2.14. The molecule has 1 rings (SSSR count). The second kappa shape index (κ2) is 3.15. The number of hydrogen-bond acceptors (Lipinski definition) is 3. The van der Waals surface area contributed by atoms with Gasteiger partial charge in [0.05, 0.1) is 18.8 Å². The van der Waals surface area contributed by atoms with Crippen LogP contribution in [0.15, 0.2) is 0 Å². The average Bonchev–Trinajstić information content (AvgIpc) is 2.17. The molecule has 54 valence electrons. The van der Waals surface area contributed by atoms with Crippen LogP contribution in [0.3, 0.4) is 0 Å². The third-order valence-electron chi connectivity index (χ3n) is 1.55. The summed E-state index contributed by atoms with van der Waals surface area (Å²) in [4.78, 5) is 0. The zero-order valence-corrected chi connectivity index (χ0v) is 5.42. The number of ether oxygens (including phenoxy) is 1. The average molecular weight is 131 g/mol. The SMILES string of the molecule is NCC[C@@H]1C[C@@H](O)CO1. The maximum absolute atomic E-state index is 8.96. The number of aliphatic hydroxyl groups excluding tert-OH is 1. The Kier molecular flexibility index (Phi) is 2.45. The summed E-state index contributed by atoms with van der Waals surface area (Å²) in [5.41, 5.74) is 5.29. The van der Waals surface area contributed by atoms with Crippen molar-refractivity contribution in [2.45, 2.75) is 25.0 Å². The van der Waals surface area contributed by atoms with Gasteiger partial charge in [-0.25, -0.2) is 0 Å². The summed E-state index contributed by atoms with van der Waals surface area (Å²) in [6.07, 6.45) is 1.60. The smallest absolute Gasteiger partial charge is 0.0798 e. The van der Waals surface area contributed by atoms with Crippen LogP contribution in [0.2, 0.25) is 0 Å². The first-order chi connectivity index (χ1) is 4.33. The molecule has 1 fully saturated rings. The molecule has 0 radical (unpaired) electrons. The quantitative estimate of drug-likeness (QED) is 0.530. The Hall–Kier alpha value is -0.120. The minimum atomic E-state index is -0.249. The first-order valence-electron chi connectivity index (χ1n) is 3.32. The standard InChI is InChI=1S/C6H13NO2/c7-2-1-6-3-5(8)4-9-6/h5-6,8H,1-4,7H2/t5-,6-/m1/s1. The monoisotopic (exact) mass is 131 g/mol. The van der Waals surface area contributed by atoms with Crippen LogP contribution in [0.1, 0.15) is 12.8 Å². The Morgan fingerprint density at radius 2 is 2.44 bits per heavy atom. The summed E-state index contributed by atoms with van der Waals surface area (Å²) in [7, 11) is 0. The Labute approximate surface area is 54.8 Å². The van der Waals surface area contributed by atoms with E-state index >= 15 is 0 Å². The maximum atomic E-state index is 8.96. The molecule has 1 heterocycles. The number of rotatable bonds is 2. The zero-order valence-electron chi connectivity index (χ0n) is 5.42. The van der Waals surface area contributed by atoms with Crippen LogP contribution in [-0.2, 0) is 4.74 Å². The third-order valence-corrected chi connectivity index (χ3v) is 1.55. The van der Waals surface area contributed by atoms with Crippen molar-refractivity contribution in [1.29, 1.82) is 0 Å². The van der Waals surface area contributed by atoms with E-state index in [4.69, 9.17) is 15.6 Å². The molecule has 9 heavy (non-hydrogen) atoms. The van der Waals surface area contributed by atoms with Crippen molar-refractivity contribution >= 4 is 0 Å². The van der Waals surface area contributed by atoms with Crippen LogP contribution < -0.4 is 5.73 Å². The molecule has 0 spiro atoms. The van der Waals surface area contributed by atoms with Crippen molar-refractivity contribution in [2.75, 3.05) is 13.2 Å². The predicted octanol–water partition coefficient (Wildman–Crippen LogP) is -0.515. The van der Waals surface area contributed by atoms with E-state index in [2.05, 4.69) is 0 Å². The molecule has 0 amide bonds. The number of hydrogen-bond donors (Lipinski definition) is 2. The molecule has 0 aromatic carbocycles. The molecule has 0 unspecified atom stereocenters. The van der Waals surface area contributed by atoms with Gasteiger partial charge in [-0.3, -0.25) is 0 Å². The highest BCUT2D eigenvalue weighted by Gasteiger charge is 2.21. The van der Waals surface area contributed by atoms with Gasteiger partial charge in [-0.15, -0.1) is 0 Å². The molecule has 0 aromatic rings. The summed E-state index contributed by atoms with van der Waals surface area (Å²) >= 11 is 0. The van der Waals surface area contributed by atoms with E-state index in [1.54, 1.807) is 0 Å². The lowest BCUT2D eigenvalue weighted by Crippen LogP contribution is -2.12. The summed E-state index contributed by atoms with van der Waals surface area (Å²) in [6, 6.07) is 0. The second-order valence-electron chi connectivity index (χ2n) is 2.42. The van der Waals surface area contributed by atoms with Gasteiger partial charge in [0.15, 0.2) is 0 Å². The Balaban J connectivity index is 2.14. The first kappa shape index (κ1) is 6.99. The lowest BCUT2D eigenvalue weighted by Gasteiger charge is -2.04. The van der Waals surface area contributed by atoms with Gasteiger partial charge in [0, 0.05) is 6.42 Å². The molecular weight excluding hydrogens is 118 g/mol. The topological polar surface area (TPSA) is 55.5 Å². The lowest BCUT2D eigenvalue weighted by molar-refractivity contribution is 0.0856. The van der Waals surface area contributed by atoms with E-state index < -0.39 is 0 Å². The van der Waals surface area contributed by atoms with Gasteiger partial charge in [0.25, 0.3) is 0 Å². The van der Waals surface area contributed by atoms with Gasteiger partial charge in [-0.05, 0) is 13.0 Å². The molecule has 0 bridgehead atoms. The van der Waals surface area contributed by atoms with Crippen LogP contribution in [0.4, 0.5) is 0 Å². The van der Waals surface area contributed by atoms with E-state index in [0.29, 0.717) is 13.2 Å². The van der Waals surface area contributed by atoms with Crippen LogP contribution in [-0.4, -0.2) is 30.5 Å². The van der Waals surface area contributed by atoms with Gasteiger partial charge in [0.2, 0.25) is 0 Å². The lowest BCUT2D eigenvalue weighted by atomic mass is 10.1. The van der Waals surface area contributed by atoms with Crippen molar-refractivity contribution in [3.8, 4) is 0 Å². The molecule has 0 saturated carbocycles. The summed E-state index contributed by atoms with van der Waals surface area (Å²) in [5, 5.41) is 8.96.